The van der Waals surface area contributed by atoms with Crippen LogP contribution in [0.25, 0.3) is 10.8 Å². The molecule has 0 spiro atoms. The number of amides is 1. The van der Waals surface area contributed by atoms with Crippen molar-refractivity contribution >= 4 is 28.0 Å². The Morgan fingerprint density at radius 2 is 1.75 bits per heavy atom. The molecule has 0 aliphatic rings. The number of carbonyl (C=O) groups is 1. The number of methoxy groups -OCH3 is 2. The fraction of sp³-hybridized carbons (Fsp3) is 0.208. The van der Waals surface area contributed by atoms with E-state index in [0.29, 0.717) is 35.4 Å². The number of aromatic nitrogens is 2. The molecular formula is C24H23N3O4S. The highest BCUT2D eigenvalue weighted by molar-refractivity contribution is 7.09. The molecule has 7 nitrogen and oxygen atoms in total. The third kappa shape index (κ3) is 4.22. The molecule has 0 radical (unpaired) electrons. The van der Waals surface area contributed by atoms with Crippen LogP contribution in [0.15, 0.2) is 64.8 Å². The number of rotatable bonds is 7. The van der Waals surface area contributed by atoms with Crippen molar-refractivity contribution in [1.29, 1.82) is 0 Å². The number of benzene rings is 2. The number of thiophene rings is 1. The van der Waals surface area contributed by atoms with E-state index in [1.165, 1.54) is 4.68 Å². The van der Waals surface area contributed by atoms with Gasteiger partial charge in [0, 0.05) is 23.9 Å². The van der Waals surface area contributed by atoms with Crippen molar-refractivity contribution < 1.29 is 14.3 Å². The Hall–Kier alpha value is -3.65. The zero-order valence-corrected chi connectivity index (χ0v) is 18.9. The first-order chi connectivity index (χ1) is 15.5. The summed E-state index contributed by atoms with van der Waals surface area (Å²) in [5.41, 5.74) is 0.906. The van der Waals surface area contributed by atoms with E-state index in [1.54, 1.807) is 61.8 Å². The maximum Gasteiger partial charge on any atom is 0.275 e. The zero-order chi connectivity index (χ0) is 22.7. The van der Waals surface area contributed by atoms with E-state index >= 15 is 0 Å². The second-order valence-electron chi connectivity index (χ2n) is 7.25. The highest BCUT2D eigenvalue weighted by Gasteiger charge is 2.23. The van der Waals surface area contributed by atoms with Gasteiger partial charge in [-0.15, -0.1) is 11.3 Å². The number of aryl methyl sites for hydroxylation is 1. The molecule has 0 unspecified atom stereocenters. The largest absolute Gasteiger partial charge is 0.493 e. The van der Waals surface area contributed by atoms with Gasteiger partial charge >= 0.3 is 0 Å². The van der Waals surface area contributed by atoms with Gasteiger partial charge in [0.2, 0.25) is 0 Å². The van der Waals surface area contributed by atoms with Crippen LogP contribution in [-0.4, -0.2) is 34.8 Å². The fourth-order valence-corrected chi connectivity index (χ4v) is 4.32. The topological polar surface area (TPSA) is 73.7 Å². The lowest BCUT2D eigenvalue weighted by Gasteiger charge is -2.23. The molecule has 4 aromatic rings. The third-order valence-electron chi connectivity index (χ3n) is 5.19. The molecule has 0 atom stereocenters. The Morgan fingerprint density at radius 1 is 1.00 bits per heavy atom. The van der Waals surface area contributed by atoms with E-state index in [1.807, 2.05) is 35.7 Å². The van der Waals surface area contributed by atoms with Gasteiger partial charge in [0.15, 0.2) is 17.2 Å². The predicted octanol–water partition coefficient (Wildman–Crippen LogP) is 3.85. The van der Waals surface area contributed by atoms with Crippen LogP contribution < -0.4 is 15.0 Å². The summed E-state index contributed by atoms with van der Waals surface area (Å²) >= 11 is 1.58. The number of ether oxygens (including phenoxy) is 2. The molecule has 0 saturated carbocycles. The molecule has 164 valence electrons. The molecule has 0 saturated heterocycles. The molecule has 4 rings (SSSR count). The van der Waals surface area contributed by atoms with Crippen LogP contribution in [0.2, 0.25) is 0 Å². The van der Waals surface area contributed by atoms with Crippen molar-refractivity contribution in [3.05, 3.63) is 86.5 Å². The fourth-order valence-electron chi connectivity index (χ4n) is 3.60. The van der Waals surface area contributed by atoms with Gasteiger partial charge in [-0.05, 0) is 35.2 Å². The molecule has 32 heavy (non-hydrogen) atoms. The van der Waals surface area contributed by atoms with Crippen LogP contribution in [0.4, 0.5) is 0 Å². The first-order valence-electron chi connectivity index (χ1n) is 10.0. The number of hydrogen-bond donors (Lipinski definition) is 0. The Morgan fingerprint density at radius 3 is 2.44 bits per heavy atom. The number of nitrogens with zero attached hydrogens (tertiary/aromatic N) is 3. The van der Waals surface area contributed by atoms with Crippen molar-refractivity contribution in [1.82, 2.24) is 14.7 Å². The van der Waals surface area contributed by atoms with E-state index in [-0.39, 0.29) is 17.2 Å². The zero-order valence-electron chi connectivity index (χ0n) is 18.1. The number of fused-ring (bicyclic) bond motifs is 1. The SMILES string of the molecule is COc1ccc(CN(Cc2cccs2)C(=O)c2nn(C)c(=O)c3ccccc23)cc1OC. The number of carbonyl (C=O) groups excluding carboxylic acids is 1. The van der Waals surface area contributed by atoms with Gasteiger partial charge in [-0.25, -0.2) is 4.68 Å². The second kappa shape index (κ2) is 9.23. The van der Waals surface area contributed by atoms with Crippen molar-refractivity contribution in [2.75, 3.05) is 14.2 Å². The van der Waals surface area contributed by atoms with Crippen molar-refractivity contribution in [2.24, 2.45) is 7.05 Å². The Kier molecular flexibility index (Phi) is 6.23. The van der Waals surface area contributed by atoms with Gasteiger partial charge < -0.3 is 14.4 Å². The van der Waals surface area contributed by atoms with Gasteiger partial charge in [0.25, 0.3) is 11.5 Å². The van der Waals surface area contributed by atoms with Gasteiger partial charge in [-0.2, -0.15) is 5.10 Å². The lowest BCUT2D eigenvalue weighted by Crippen LogP contribution is -2.33. The Bertz CT molecular complexity index is 1310. The van der Waals surface area contributed by atoms with Gasteiger partial charge in [0.1, 0.15) is 0 Å². The number of hydrogen-bond acceptors (Lipinski definition) is 6. The van der Waals surface area contributed by atoms with E-state index in [0.717, 1.165) is 10.4 Å². The summed E-state index contributed by atoms with van der Waals surface area (Å²) < 4.78 is 12.0. The standard InChI is InChI=1S/C24H23N3O4S/c1-26-23(28)19-9-5-4-8-18(19)22(25-26)24(29)27(15-17-7-6-12-32-17)14-16-10-11-20(30-2)21(13-16)31-3/h4-13H,14-15H2,1-3H3. The maximum absolute atomic E-state index is 13.7. The summed E-state index contributed by atoms with van der Waals surface area (Å²) in [6.07, 6.45) is 0. The predicted molar refractivity (Wildman–Crippen MR) is 124 cm³/mol. The summed E-state index contributed by atoms with van der Waals surface area (Å²) in [5, 5.41) is 7.32. The highest BCUT2D eigenvalue weighted by atomic mass is 32.1. The summed E-state index contributed by atoms with van der Waals surface area (Å²) in [7, 11) is 4.72. The minimum Gasteiger partial charge on any atom is -0.493 e. The monoisotopic (exact) mass is 449 g/mol. The average Bonchev–Trinajstić information content (AvgIpc) is 3.33. The lowest BCUT2D eigenvalue weighted by molar-refractivity contribution is 0.0725. The molecule has 2 heterocycles. The van der Waals surface area contributed by atoms with Crippen molar-refractivity contribution in [2.45, 2.75) is 13.1 Å². The summed E-state index contributed by atoms with van der Waals surface area (Å²) in [4.78, 5) is 29.0. The molecule has 0 bridgehead atoms. The summed E-state index contributed by atoms with van der Waals surface area (Å²) in [5.74, 6) is 0.970. The second-order valence-corrected chi connectivity index (χ2v) is 8.29. The van der Waals surface area contributed by atoms with E-state index in [4.69, 9.17) is 9.47 Å². The van der Waals surface area contributed by atoms with Crippen molar-refractivity contribution in [3.63, 3.8) is 0 Å². The molecular weight excluding hydrogens is 426 g/mol. The molecule has 0 N–H and O–H groups in total. The minimum atomic E-state index is -0.250. The Balaban J connectivity index is 1.76. The molecule has 0 aliphatic heterocycles. The molecule has 0 aliphatic carbocycles. The smallest absolute Gasteiger partial charge is 0.275 e. The first-order valence-corrected chi connectivity index (χ1v) is 10.9. The summed E-state index contributed by atoms with van der Waals surface area (Å²) in [6, 6.07) is 16.6. The average molecular weight is 450 g/mol. The normalized spacial score (nSPS) is 10.8. The third-order valence-corrected chi connectivity index (χ3v) is 6.06. The lowest BCUT2D eigenvalue weighted by atomic mass is 10.1. The van der Waals surface area contributed by atoms with Crippen LogP contribution in [0, 0.1) is 0 Å². The van der Waals surface area contributed by atoms with E-state index < -0.39 is 0 Å². The van der Waals surface area contributed by atoms with Gasteiger partial charge in [0.05, 0.1) is 26.2 Å². The molecule has 1 amide bonds. The van der Waals surface area contributed by atoms with Crippen LogP contribution >= 0.6 is 11.3 Å². The van der Waals surface area contributed by atoms with Crippen LogP contribution in [0.1, 0.15) is 20.9 Å². The maximum atomic E-state index is 13.7. The highest BCUT2D eigenvalue weighted by Crippen LogP contribution is 2.29. The molecule has 2 aromatic carbocycles. The van der Waals surface area contributed by atoms with E-state index in [9.17, 15) is 9.59 Å². The summed E-state index contributed by atoms with van der Waals surface area (Å²) in [6.45, 7) is 0.764. The quantitative estimate of drug-likeness (QED) is 0.428. The van der Waals surface area contributed by atoms with Gasteiger partial charge in [-0.3, -0.25) is 9.59 Å². The molecule has 2 aromatic heterocycles. The van der Waals surface area contributed by atoms with Crippen LogP contribution in [-0.2, 0) is 20.1 Å². The molecule has 8 heteroatoms. The Labute approximate surface area is 189 Å². The van der Waals surface area contributed by atoms with Crippen LogP contribution in [0.3, 0.4) is 0 Å². The first kappa shape index (κ1) is 21.6. The van der Waals surface area contributed by atoms with Crippen molar-refractivity contribution in [3.8, 4) is 11.5 Å². The van der Waals surface area contributed by atoms with Crippen LogP contribution in [0.5, 0.6) is 11.5 Å². The minimum absolute atomic E-state index is 0.234. The molecule has 0 fully saturated rings. The van der Waals surface area contributed by atoms with Gasteiger partial charge in [-0.1, -0.05) is 30.3 Å². The van der Waals surface area contributed by atoms with E-state index in [2.05, 4.69) is 5.10 Å².